The Morgan fingerprint density at radius 2 is 2.12 bits per heavy atom. The van der Waals surface area contributed by atoms with Gasteiger partial charge in [-0.3, -0.25) is 0 Å². The van der Waals surface area contributed by atoms with Gasteiger partial charge in [-0.2, -0.15) is 0 Å². The van der Waals surface area contributed by atoms with E-state index < -0.39 is 0 Å². The van der Waals surface area contributed by atoms with Gasteiger partial charge in [0.25, 0.3) is 0 Å². The third-order valence-electron chi connectivity index (χ3n) is 2.52. The first-order valence-electron chi connectivity index (χ1n) is 5.72. The molecule has 5 heteroatoms. The molecule has 1 aromatic rings. The third kappa shape index (κ3) is 2.61. The lowest BCUT2D eigenvalue weighted by Gasteiger charge is -2.28. The number of anilines is 2. The van der Waals surface area contributed by atoms with E-state index in [0.717, 1.165) is 50.3 Å². The van der Waals surface area contributed by atoms with E-state index in [1.807, 2.05) is 13.0 Å². The summed E-state index contributed by atoms with van der Waals surface area (Å²) in [5, 5.41) is 3.22. The first kappa shape index (κ1) is 11.1. The van der Waals surface area contributed by atoms with Gasteiger partial charge in [-0.25, -0.2) is 9.97 Å². The SMILES string of the molecule is CCNc1cc(N2CCOCC2)nc(C)n1. The average Bonchev–Trinajstić information content (AvgIpc) is 2.30. The summed E-state index contributed by atoms with van der Waals surface area (Å²) in [6.45, 7) is 8.22. The molecule has 1 aliphatic rings. The van der Waals surface area contributed by atoms with Gasteiger partial charge in [-0.1, -0.05) is 0 Å². The summed E-state index contributed by atoms with van der Waals surface area (Å²) in [4.78, 5) is 11.0. The number of hydrogen-bond donors (Lipinski definition) is 1. The van der Waals surface area contributed by atoms with E-state index in [1.54, 1.807) is 0 Å². The van der Waals surface area contributed by atoms with Gasteiger partial charge in [0, 0.05) is 25.7 Å². The quantitative estimate of drug-likeness (QED) is 0.828. The van der Waals surface area contributed by atoms with E-state index in [9.17, 15) is 0 Å². The Morgan fingerprint density at radius 3 is 2.81 bits per heavy atom. The number of rotatable bonds is 3. The smallest absolute Gasteiger partial charge is 0.134 e. The van der Waals surface area contributed by atoms with Crippen LogP contribution in [0.2, 0.25) is 0 Å². The molecule has 0 spiro atoms. The molecule has 16 heavy (non-hydrogen) atoms. The fourth-order valence-electron chi connectivity index (χ4n) is 1.78. The minimum atomic E-state index is 0.777. The van der Waals surface area contributed by atoms with Gasteiger partial charge in [0.05, 0.1) is 13.2 Å². The van der Waals surface area contributed by atoms with Crippen molar-refractivity contribution in [1.29, 1.82) is 0 Å². The van der Waals surface area contributed by atoms with Crippen molar-refractivity contribution in [3.05, 3.63) is 11.9 Å². The normalized spacial score (nSPS) is 16.2. The first-order chi connectivity index (χ1) is 7.79. The molecule has 0 amide bonds. The summed E-state index contributed by atoms with van der Waals surface area (Å²) in [5.74, 6) is 2.70. The Bertz CT molecular complexity index is 350. The molecule has 1 fully saturated rings. The summed E-state index contributed by atoms with van der Waals surface area (Å²) in [5.41, 5.74) is 0. The predicted octanol–water partition coefficient (Wildman–Crippen LogP) is 1.05. The van der Waals surface area contributed by atoms with Gasteiger partial charge < -0.3 is 15.0 Å². The first-order valence-corrected chi connectivity index (χ1v) is 5.72. The minimum Gasteiger partial charge on any atom is -0.378 e. The van der Waals surface area contributed by atoms with Gasteiger partial charge in [0.15, 0.2) is 0 Å². The Kier molecular flexibility index (Phi) is 3.56. The topological polar surface area (TPSA) is 50.3 Å². The van der Waals surface area contributed by atoms with Crippen molar-refractivity contribution in [2.75, 3.05) is 43.1 Å². The van der Waals surface area contributed by atoms with Crippen LogP contribution in [0.15, 0.2) is 6.07 Å². The molecule has 1 N–H and O–H groups in total. The highest BCUT2D eigenvalue weighted by molar-refractivity contribution is 5.49. The molecule has 2 heterocycles. The van der Waals surface area contributed by atoms with Crippen LogP contribution in [-0.2, 0) is 4.74 Å². The highest BCUT2D eigenvalue weighted by atomic mass is 16.5. The zero-order valence-corrected chi connectivity index (χ0v) is 9.86. The highest BCUT2D eigenvalue weighted by Crippen LogP contribution is 2.16. The summed E-state index contributed by atoms with van der Waals surface area (Å²) in [6, 6.07) is 2.00. The molecule has 1 saturated heterocycles. The van der Waals surface area contributed by atoms with E-state index in [4.69, 9.17) is 4.74 Å². The lowest BCUT2D eigenvalue weighted by atomic mass is 10.4. The number of ether oxygens (including phenoxy) is 1. The third-order valence-corrected chi connectivity index (χ3v) is 2.52. The van der Waals surface area contributed by atoms with Crippen LogP contribution in [-0.4, -0.2) is 42.8 Å². The maximum atomic E-state index is 5.33. The van der Waals surface area contributed by atoms with Crippen molar-refractivity contribution in [3.8, 4) is 0 Å². The van der Waals surface area contributed by atoms with Crippen LogP contribution in [0.4, 0.5) is 11.6 Å². The predicted molar refractivity (Wildman–Crippen MR) is 64.0 cm³/mol. The molecule has 0 aliphatic carbocycles. The highest BCUT2D eigenvalue weighted by Gasteiger charge is 2.13. The Labute approximate surface area is 95.8 Å². The Hall–Kier alpha value is -1.36. The van der Waals surface area contributed by atoms with Crippen molar-refractivity contribution in [2.45, 2.75) is 13.8 Å². The molecule has 88 valence electrons. The maximum absolute atomic E-state index is 5.33. The van der Waals surface area contributed by atoms with Crippen LogP contribution in [0.5, 0.6) is 0 Å². The molecule has 0 unspecified atom stereocenters. The molecule has 0 atom stereocenters. The van der Waals surface area contributed by atoms with Crippen molar-refractivity contribution in [1.82, 2.24) is 9.97 Å². The Morgan fingerprint density at radius 1 is 1.38 bits per heavy atom. The summed E-state index contributed by atoms with van der Waals surface area (Å²) >= 11 is 0. The summed E-state index contributed by atoms with van der Waals surface area (Å²) < 4.78 is 5.33. The van der Waals surface area contributed by atoms with Crippen LogP contribution in [0.3, 0.4) is 0 Å². The van der Waals surface area contributed by atoms with E-state index in [2.05, 4.69) is 27.1 Å². The molecule has 0 saturated carbocycles. The average molecular weight is 222 g/mol. The number of aromatic nitrogens is 2. The van der Waals surface area contributed by atoms with Crippen molar-refractivity contribution >= 4 is 11.6 Å². The molecule has 1 aromatic heterocycles. The number of aryl methyl sites for hydroxylation is 1. The van der Waals surface area contributed by atoms with Crippen molar-refractivity contribution < 1.29 is 4.74 Å². The van der Waals surface area contributed by atoms with Crippen molar-refractivity contribution in [2.24, 2.45) is 0 Å². The Balaban J connectivity index is 2.18. The van der Waals surface area contributed by atoms with Crippen LogP contribution < -0.4 is 10.2 Å². The van der Waals surface area contributed by atoms with E-state index in [0.29, 0.717) is 0 Å². The van der Waals surface area contributed by atoms with Crippen LogP contribution >= 0.6 is 0 Å². The monoisotopic (exact) mass is 222 g/mol. The summed E-state index contributed by atoms with van der Waals surface area (Å²) in [7, 11) is 0. The zero-order chi connectivity index (χ0) is 11.4. The maximum Gasteiger partial charge on any atom is 0.134 e. The summed E-state index contributed by atoms with van der Waals surface area (Å²) in [6.07, 6.45) is 0. The molecule has 0 aromatic carbocycles. The van der Waals surface area contributed by atoms with Gasteiger partial charge >= 0.3 is 0 Å². The standard InChI is InChI=1S/C11H18N4O/c1-3-12-10-8-11(14-9(2)13-10)15-4-6-16-7-5-15/h8H,3-7H2,1-2H3,(H,12,13,14). The molecule has 1 aliphatic heterocycles. The van der Waals surface area contributed by atoms with Crippen LogP contribution in [0.25, 0.3) is 0 Å². The molecular formula is C11H18N4O. The minimum absolute atomic E-state index is 0.777. The zero-order valence-electron chi connectivity index (χ0n) is 9.86. The second kappa shape index (κ2) is 5.12. The molecule has 5 nitrogen and oxygen atoms in total. The molecule has 0 radical (unpaired) electrons. The van der Waals surface area contributed by atoms with Gasteiger partial charge in [-0.05, 0) is 13.8 Å². The number of nitrogens with zero attached hydrogens (tertiary/aromatic N) is 3. The van der Waals surface area contributed by atoms with Crippen LogP contribution in [0, 0.1) is 6.92 Å². The second-order valence-corrected chi connectivity index (χ2v) is 3.79. The fourth-order valence-corrected chi connectivity index (χ4v) is 1.78. The van der Waals surface area contributed by atoms with E-state index >= 15 is 0 Å². The van der Waals surface area contributed by atoms with Gasteiger partial charge in [0.1, 0.15) is 17.5 Å². The lowest BCUT2D eigenvalue weighted by molar-refractivity contribution is 0.122. The van der Waals surface area contributed by atoms with Crippen LogP contribution in [0.1, 0.15) is 12.7 Å². The second-order valence-electron chi connectivity index (χ2n) is 3.79. The number of hydrogen-bond acceptors (Lipinski definition) is 5. The molecule has 0 bridgehead atoms. The van der Waals surface area contributed by atoms with Crippen molar-refractivity contribution in [3.63, 3.8) is 0 Å². The van der Waals surface area contributed by atoms with E-state index in [1.165, 1.54) is 0 Å². The number of morpholine rings is 1. The van der Waals surface area contributed by atoms with Gasteiger partial charge in [0.2, 0.25) is 0 Å². The molecule has 2 rings (SSSR count). The fraction of sp³-hybridized carbons (Fsp3) is 0.636. The molecular weight excluding hydrogens is 204 g/mol. The lowest BCUT2D eigenvalue weighted by Crippen LogP contribution is -2.37. The largest absolute Gasteiger partial charge is 0.378 e. The van der Waals surface area contributed by atoms with E-state index in [-0.39, 0.29) is 0 Å². The number of nitrogens with one attached hydrogen (secondary N) is 1. The van der Waals surface area contributed by atoms with Gasteiger partial charge in [-0.15, -0.1) is 0 Å².